The topological polar surface area (TPSA) is 26.3 Å². The quantitative estimate of drug-likeness (QED) is 0.735. The Balaban J connectivity index is 3.03. The van der Waals surface area contributed by atoms with Crippen molar-refractivity contribution in [3.63, 3.8) is 0 Å². The van der Waals surface area contributed by atoms with E-state index < -0.39 is 5.24 Å². The van der Waals surface area contributed by atoms with Gasteiger partial charge in [0, 0.05) is 5.56 Å². The third kappa shape index (κ3) is 2.96. The minimum atomic E-state index is -0.410. The second-order valence-electron chi connectivity index (χ2n) is 3.55. The number of aryl methyl sites for hydroxylation is 2. The molecular weight excluding hydrogens is 212 g/mol. The van der Waals surface area contributed by atoms with Crippen molar-refractivity contribution in [2.75, 3.05) is 6.61 Å². The molecule has 0 saturated heterocycles. The summed E-state index contributed by atoms with van der Waals surface area (Å²) in [6, 6.07) is 3.69. The second kappa shape index (κ2) is 5.17. The smallest absolute Gasteiger partial charge is 0.252 e. The fourth-order valence-electron chi connectivity index (χ4n) is 1.54. The predicted molar refractivity (Wildman–Crippen MR) is 61.9 cm³/mol. The number of ether oxygens (including phenoxy) is 1. The van der Waals surface area contributed by atoms with Gasteiger partial charge in [0.2, 0.25) is 0 Å². The minimum Gasteiger partial charge on any atom is -0.494 e. The molecule has 0 amide bonds. The predicted octanol–water partition coefficient (Wildman–Crippen LogP) is 3.47. The molecule has 0 aromatic heterocycles. The molecular formula is C12H15ClO2. The van der Waals surface area contributed by atoms with Crippen LogP contribution in [0.15, 0.2) is 12.1 Å². The van der Waals surface area contributed by atoms with Crippen molar-refractivity contribution in [3.05, 3.63) is 28.8 Å². The van der Waals surface area contributed by atoms with Crippen LogP contribution < -0.4 is 4.74 Å². The third-order valence-corrected chi connectivity index (χ3v) is 2.36. The van der Waals surface area contributed by atoms with Gasteiger partial charge in [-0.15, -0.1) is 0 Å². The lowest BCUT2D eigenvalue weighted by atomic mass is 10.0. The van der Waals surface area contributed by atoms with E-state index in [4.69, 9.17) is 16.3 Å². The SMILES string of the molecule is CCCOc1cc(C)c(C(=O)Cl)c(C)c1. The van der Waals surface area contributed by atoms with E-state index in [9.17, 15) is 4.79 Å². The maximum absolute atomic E-state index is 11.1. The normalized spacial score (nSPS) is 10.1. The van der Waals surface area contributed by atoms with E-state index in [1.54, 1.807) is 0 Å². The lowest BCUT2D eigenvalue weighted by Gasteiger charge is -2.10. The summed E-state index contributed by atoms with van der Waals surface area (Å²) in [5.41, 5.74) is 2.31. The number of carbonyl (C=O) groups is 1. The Bertz CT molecular complexity index is 349. The van der Waals surface area contributed by atoms with Crippen LogP contribution in [0.1, 0.15) is 34.8 Å². The molecule has 82 valence electrons. The van der Waals surface area contributed by atoms with E-state index >= 15 is 0 Å². The summed E-state index contributed by atoms with van der Waals surface area (Å²) in [4.78, 5) is 11.1. The molecule has 15 heavy (non-hydrogen) atoms. The average Bonchev–Trinajstić information content (AvgIpc) is 2.12. The van der Waals surface area contributed by atoms with Crippen LogP contribution in [0.3, 0.4) is 0 Å². The summed E-state index contributed by atoms with van der Waals surface area (Å²) in [5, 5.41) is -0.410. The van der Waals surface area contributed by atoms with Crippen LogP contribution in [-0.2, 0) is 0 Å². The summed E-state index contributed by atoms with van der Waals surface area (Å²) in [5.74, 6) is 0.800. The molecule has 3 heteroatoms. The van der Waals surface area contributed by atoms with Gasteiger partial charge in [-0.05, 0) is 55.1 Å². The Morgan fingerprint density at radius 2 is 1.87 bits per heavy atom. The maximum atomic E-state index is 11.1. The van der Waals surface area contributed by atoms with Gasteiger partial charge in [-0.25, -0.2) is 0 Å². The van der Waals surface area contributed by atoms with Gasteiger partial charge < -0.3 is 4.74 Å². The summed E-state index contributed by atoms with van der Waals surface area (Å²) in [6.07, 6.45) is 0.967. The summed E-state index contributed by atoms with van der Waals surface area (Å²) in [7, 11) is 0. The summed E-state index contributed by atoms with van der Waals surface area (Å²) < 4.78 is 5.50. The molecule has 0 bridgehead atoms. The van der Waals surface area contributed by atoms with E-state index in [1.165, 1.54) is 0 Å². The lowest BCUT2D eigenvalue weighted by molar-refractivity contribution is 0.108. The van der Waals surface area contributed by atoms with E-state index in [0.717, 1.165) is 23.3 Å². The molecule has 0 N–H and O–H groups in total. The molecule has 0 saturated carbocycles. The Hall–Kier alpha value is -1.02. The highest BCUT2D eigenvalue weighted by molar-refractivity contribution is 6.68. The maximum Gasteiger partial charge on any atom is 0.252 e. The molecule has 0 spiro atoms. The van der Waals surface area contributed by atoms with Gasteiger partial charge >= 0.3 is 0 Å². The fraction of sp³-hybridized carbons (Fsp3) is 0.417. The first-order valence-electron chi connectivity index (χ1n) is 5.00. The molecule has 0 heterocycles. The Morgan fingerprint density at radius 1 is 1.33 bits per heavy atom. The van der Waals surface area contributed by atoms with Crippen LogP contribution in [0.5, 0.6) is 5.75 Å². The van der Waals surface area contributed by atoms with Crippen LogP contribution >= 0.6 is 11.6 Å². The number of carbonyl (C=O) groups excluding carboxylic acids is 1. The molecule has 0 fully saturated rings. The van der Waals surface area contributed by atoms with Crippen LogP contribution in [-0.4, -0.2) is 11.8 Å². The number of hydrogen-bond donors (Lipinski definition) is 0. The first kappa shape index (κ1) is 12.1. The van der Waals surface area contributed by atoms with Gasteiger partial charge in [-0.2, -0.15) is 0 Å². The zero-order valence-electron chi connectivity index (χ0n) is 9.26. The molecule has 0 atom stereocenters. The van der Waals surface area contributed by atoms with Gasteiger partial charge in [-0.3, -0.25) is 4.79 Å². The Kier molecular flexibility index (Phi) is 4.15. The molecule has 0 aliphatic rings. The number of hydrogen-bond acceptors (Lipinski definition) is 2. The highest BCUT2D eigenvalue weighted by atomic mass is 35.5. The molecule has 0 radical (unpaired) electrons. The van der Waals surface area contributed by atoms with Gasteiger partial charge in [0.15, 0.2) is 0 Å². The molecule has 0 aliphatic carbocycles. The van der Waals surface area contributed by atoms with Gasteiger partial charge in [0.1, 0.15) is 5.75 Å². The Morgan fingerprint density at radius 3 is 2.27 bits per heavy atom. The van der Waals surface area contributed by atoms with Crippen molar-refractivity contribution in [1.29, 1.82) is 0 Å². The van der Waals surface area contributed by atoms with E-state index in [-0.39, 0.29) is 0 Å². The highest BCUT2D eigenvalue weighted by Gasteiger charge is 2.11. The fourth-order valence-corrected chi connectivity index (χ4v) is 1.84. The zero-order valence-corrected chi connectivity index (χ0v) is 10.0. The van der Waals surface area contributed by atoms with Crippen molar-refractivity contribution in [2.45, 2.75) is 27.2 Å². The molecule has 1 aromatic rings. The van der Waals surface area contributed by atoms with Crippen LogP contribution in [0, 0.1) is 13.8 Å². The number of benzene rings is 1. The van der Waals surface area contributed by atoms with Crippen LogP contribution in [0.25, 0.3) is 0 Å². The van der Waals surface area contributed by atoms with Crippen LogP contribution in [0.4, 0.5) is 0 Å². The Labute approximate surface area is 95.2 Å². The van der Waals surface area contributed by atoms with Crippen molar-refractivity contribution in [3.8, 4) is 5.75 Å². The largest absolute Gasteiger partial charge is 0.494 e. The molecule has 1 rings (SSSR count). The first-order valence-corrected chi connectivity index (χ1v) is 5.38. The minimum absolute atomic E-state index is 0.410. The van der Waals surface area contributed by atoms with E-state index in [0.29, 0.717) is 12.2 Å². The number of halogens is 1. The average molecular weight is 227 g/mol. The van der Waals surface area contributed by atoms with Crippen molar-refractivity contribution < 1.29 is 9.53 Å². The lowest BCUT2D eigenvalue weighted by Crippen LogP contribution is -2.01. The van der Waals surface area contributed by atoms with E-state index in [2.05, 4.69) is 6.92 Å². The standard InChI is InChI=1S/C12H15ClO2/c1-4-5-15-10-6-8(2)11(12(13)14)9(3)7-10/h6-7H,4-5H2,1-3H3. The van der Waals surface area contributed by atoms with Crippen molar-refractivity contribution in [1.82, 2.24) is 0 Å². The highest BCUT2D eigenvalue weighted by Crippen LogP contribution is 2.23. The number of rotatable bonds is 4. The van der Waals surface area contributed by atoms with Crippen molar-refractivity contribution >= 4 is 16.8 Å². The van der Waals surface area contributed by atoms with Gasteiger partial charge in [0.05, 0.1) is 6.61 Å². The molecule has 2 nitrogen and oxygen atoms in total. The molecule has 1 aromatic carbocycles. The zero-order chi connectivity index (χ0) is 11.4. The molecule has 0 aliphatic heterocycles. The van der Waals surface area contributed by atoms with Crippen LogP contribution in [0.2, 0.25) is 0 Å². The third-order valence-electron chi connectivity index (χ3n) is 2.18. The first-order chi connectivity index (χ1) is 7.06. The van der Waals surface area contributed by atoms with Gasteiger partial charge in [-0.1, -0.05) is 6.92 Å². The van der Waals surface area contributed by atoms with E-state index in [1.807, 2.05) is 26.0 Å². The monoisotopic (exact) mass is 226 g/mol. The summed E-state index contributed by atoms with van der Waals surface area (Å²) in [6.45, 7) is 6.46. The summed E-state index contributed by atoms with van der Waals surface area (Å²) >= 11 is 5.49. The molecule has 0 unspecified atom stereocenters. The van der Waals surface area contributed by atoms with Crippen molar-refractivity contribution in [2.24, 2.45) is 0 Å². The second-order valence-corrected chi connectivity index (χ2v) is 3.90. The van der Waals surface area contributed by atoms with Gasteiger partial charge in [0.25, 0.3) is 5.24 Å².